The Bertz CT molecular complexity index is 1530. The highest BCUT2D eigenvalue weighted by molar-refractivity contribution is 7.98. The maximum absolute atomic E-state index is 13.8. The van der Waals surface area contributed by atoms with E-state index in [1.54, 1.807) is 11.8 Å². The molecule has 1 aliphatic heterocycles. The fraction of sp³-hybridized carbons (Fsp3) is 0.406. The molecule has 2 aromatic heterocycles. The van der Waals surface area contributed by atoms with E-state index in [2.05, 4.69) is 10.6 Å². The second-order valence-corrected chi connectivity index (χ2v) is 13.1. The van der Waals surface area contributed by atoms with E-state index in [0.29, 0.717) is 49.0 Å². The third-order valence-electron chi connectivity index (χ3n) is 7.57. The number of hydrogen-bond donors (Lipinski definition) is 2. The van der Waals surface area contributed by atoms with E-state index < -0.39 is 12.1 Å². The van der Waals surface area contributed by atoms with Gasteiger partial charge in [0.1, 0.15) is 6.04 Å². The van der Waals surface area contributed by atoms with Crippen molar-refractivity contribution in [2.24, 2.45) is 5.92 Å². The molecule has 1 aliphatic rings. The monoisotopic (exact) mass is 618 g/mol. The smallest absolute Gasteiger partial charge is 0.264 e. The molecule has 3 amide bonds. The van der Waals surface area contributed by atoms with Crippen molar-refractivity contribution >= 4 is 50.9 Å². The zero-order valence-corrected chi connectivity index (χ0v) is 26.4. The van der Waals surface area contributed by atoms with Crippen molar-refractivity contribution in [2.45, 2.75) is 51.7 Å². The van der Waals surface area contributed by atoms with Crippen LogP contribution >= 0.6 is 23.1 Å². The van der Waals surface area contributed by atoms with Gasteiger partial charge in [0.2, 0.25) is 11.8 Å². The highest BCUT2D eigenvalue weighted by Gasteiger charge is 2.30. The maximum Gasteiger partial charge on any atom is 0.264 e. The summed E-state index contributed by atoms with van der Waals surface area (Å²) in [5.74, 6) is 1.44. The highest BCUT2D eigenvalue weighted by atomic mass is 32.2. The van der Waals surface area contributed by atoms with Gasteiger partial charge in [-0.1, -0.05) is 62.4 Å². The summed E-state index contributed by atoms with van der Waals surface area (Å²) in [6.45, 7) is 5.25. The van der Waals surface area contributed by atoms with Crippen molar-refractivity contribution in [1.82, 2.24) is 30.3 Å². The Morgan fingerprint density at radius 3 is 2.56 bits per heavy atom. The number of amides is 3. The van der Waals surface area contributed by atoms with Gasteiger partial charge in [0.25, 0.3) is 5.91 Å². The molecular formula is C32H38N6O3S2. The number of rotatable bonds is 6. The van der Waals surface area contributed by atoms with E-state index in [0.717, 1.165) is 21.4 Å². The Morgan fingerprint density at radius 2 is 1.81 bits per heavy atom. The van der Waals surface area contributed by atoms with Crippen molar-refractivity contribution in [3.63, 3.8) is 0 Å². The minimum atomic E-state index is -0.662. The summed E-state index contributed by atoms with van der Waals surface area (Å²) < 4.78 is 2.89. The molecule has 0 fully saturated rings. The normalized spacial score (nSPS) is 18.7. The molecule has 43 heavy (non-hydrogen) atoms. The summed E-state index contributed by atoms with van der Waals surface area (Å²) in [5, 5.41) is 12.0. The first kappa shape index (κ1) is 30.7. The molecule has 0 unspecified atom stereocenters. The summed E-state index contributed by atoms with van der Waals surface area (Å²) in [4.78, 5) is 47.8. The summed E-state index contributed by atoms with van der Waals surface area (Å²) in [5.41, 5.74) is 0.873. The van der Waals surface area contributed by atoms with Crippen LogP contribution in [0.4, 0.5) is 0 Å². The molecule has 3 heterocycles. The lowest BCUT2D eigenvalue weighted by Crippen LogP contribution is -2.49. The van der Waals surface area contributed by atoms with E-state index in [1.165, 1.54) is 11.3 Å². The van der Waals surface area contributed by atoms with Gasteiger partial charge in [-0.3, -0.25) is 14.4 Å². The largest absolute Gasteiger partial charge is 0.344 e. The predicted molar refractivity (Wildman–Crippen MR) is 173 cm³/mol. The number of fused-ring (bicyclic) bond motifs is 2. The number of hydrogen-bond acceptors (Lipinski definition) is 7. The first-order chi connectivity index (χ1) is 20.8. The number of thioether (sulfide) groups is 1. The van der Waals surface area contributed by atoms with Crippen LogP contribution in [0, 0.1) is 5.92 Å². The van der Waals surface area contributed by atoms with E-state index in [1.807, 2.05) is 90.3 Å². The van der Waals surface area contributed by atoms with Gasteiger partial charge in [-0.05, 0) is 48.3 Å². The Balaban J connectivity index is 1.51. The standard InChI is InChI=1S/C32H38N6O3S2/c1-21(2)28-30-35-29(22-10-5-4-6-11-22)36-38(30)18-17-37(32(41)26-20-23-12-7-8-13-25(23)43-26)16-9-14-27(39)33-24(15-19-42-3)31(40)34-28/h4-8,10-13,20-21,24,28H,9,14-19H2,1-3H3,(H,33,39)(H,34,40)/t24-,28+/m0/s1. The number of thiophene rings is 1. The number of carbonyl (C=O) groups is 3. The lowest BCUT2D eigenvalue weighted by atomic mass is 10.0. The van der Waals surface area contributed by atoms with E-state index in [4.69, 9.17) is 10.1 Å². The zero-order valence-electron chi connectivity index (χ0n) is 24.8. The average Bonchev–Trinajstić information content (AvgIpc) is 3.64. The third-order valence-corrected chi connectivity index (χ3v) is 9.32. The number of nitrogens with zero attached hydrogens (tertiary/aromatic N) is 4. The number of carbonyl (C=O) groups excluding carboxylic acids is 3. The number of nitrogens with one attached hydrogen (secondary N) is 2. The van der Waals surface area contributed by atoms with Crippen LogP contribution in [0.3, 0.4) is 0 Å². The van der Waals surface area contributed by atoms with Gasteiger partial charge in [-0.25, -0.2) is 9.67 Å². The molecule has 0 saturated heterocycles. The Kier molecular flexibility index (Phi) is 10.1. The molecule has 0 aliphatic carbocycles. The summed E-state index contributed by atoms with van der Waals surface area (Å²) in [7, 11) is 0. The topological polar surface area (TPSA) is 109 Å². The molecule has 11 heteroatoms. The minimum Gasteiger partial charge on any atom is -0.344 e. The van der Waals surface area contributed by atoms with Crippen LogP contribution in [-0.4, -0.2) is 68.5 Å². The van der Waals surface area contributed by atoms with Crippen LogP contribution in [0.5, 0.6) is 0 Å². The minimum absolute atomic E-state index is 0.00313. The molecule has 9 nitrogen and oxygen atoms in total. The highest BCUT2D eigenvalue weighted by Crippen LogP contribution is 2.28. The second kappa shape index (κ2) is 14.2. The molecule has 4 aromatic rings. The van der Waals surface area contributed by atoms with Crippen LogP contribution in [0.15, 0.2) is 60.7 Å². The lowest BCUT2D eigenvalue weighted by molar-refractivity contribution is -0.129. The van der Waals surface area contributed by atoms with Gasteiger partial charge in [-0.15, -0.1) is 11.3 Å². The molecular weight excluding hydrogens is 581 g/mol. The number of aromatic nitrogens is 3. The molecule has 0 radical (unpaired) electrons. The third kappa shape index (κ3) is 7.45. The number of benzene rings is 2. The molecule has 2 aromatic carbocycles. The fourth-order valence-corrected chi connectivity index (χ4v) is 6.72. The summed E-state index contributed by atoms with van der Waals surface area (Å²) in [6.07, 6.45) is 3.20. The van der Waals surface area contributed by atoms with E-state index in [9.17, 15) is 14.4 Å². The molecule has 0 bridgehead atoms. The van der Waals surface area contributed by atoms with Gasteiger partial charge in [0, 0.05) is 29.8 Å². The van der Waals surface area contributed by atoms with Crippen molar-refractivity contribution in [3.05, 3.63) is 71.4 Å². The van der Waals surface area contributed by atoms with Crippen molar-refractivity contribution in [2.75, 3.05) is 25.1 Å². The SMILES string of the molecule is CSCC[C@@H]1NC(=O)CCCN(C(=O)c2cc3ccccc3s2)CCn2nc(-c3ccccc3)nc2[C@@H](C(C)C)NC1=O. The lowest BCUT2D eigenvalue weighted by Gasteiger charge is -2.27. The average molecular weight is 619 g/mol. The Labute approximate surface area is 260 Å². The van der Waals surface area contributed by atoms with E-state index in [-0.39, 0.29) is 30.1 Å². The van der Waals surface area contributed by atoms with Crippen LogP contribution < -0.4 is 10.6 Å². The van der Waals surface area contributed by atoms with Crippen LogP contribution in [-0.2, 0) is 16.1 Å². The Morgan fingerprint density at radius 1 is 1.05 bits per heavy atom. The van der Waals surface area contributed by atoms with Crippen molar-refractivity contribution in [3.8, 4) is 11.4 Å². The van der Waals surface area contributed by atoms with Crippen molar-refractivity contribution in [1.29, 1.82) is 0 Å². The first-order valence-electron chi connectivity index (χ1n) is 14.7. The van der Waals surface area contributed by atoms with Crippen molar-refractivity contribution < 1.29 is 14.4 Å². The van der Waals surface area contributed by atoms with Crippen LogP contribution in [0.1, 0.15) is 54.6 Å². The molecule has 5 rings (SSSR count). The van der Waals surface area contributed by atoms with Gasteiger partial charge >= 0.3 is 0 Å². The van der Waals surface area contributed by atoms with Gasteiger partial charge in [0.05, 0.1) is 17.5 Å². The summed E-state index contributed by atoms with van der Waals surface area (Å²) in [6, 6.07) is 18.6. The van der Waals surface area contributed by atoms with Gasteiger partial charge in [0.15, 0.2) is 11.6 Å². The van der Waals surface area contributed by atoms with E-state index >= 15 is 0 Å². The van der Waals surface area contributed by atoms with Crippen LogP contribution in [0.2, 0.25) is 0 Å². The second-order valence-electron chi connectivity index (χ2n) is 11.1. The first-order valence-corrected chi connectivity index (χ1v) is 16.9. The van der Waals surface area contributed by atoms with Crippen LogP contribution in [0.25, 0.3) is 21.5 Å². The fourth-order valence-electron chi connectivity index (χ4n) is 5.22. The molecule has 0 saturated carbocycles. The molecule has 0 spiro atoms. The Hall–Kier alpha value is -3.70. The summed E-state index contributed by atoms with van der Waals surface area (Å²) >= 11 is 3.11. The molecule has 2 atom stereocenters. The van der Waals surface area contributed by atoms with Gasteiger partial charge < -0.3 is 15.5 Å². The molecule has 2 N–H and O–H groups in total. The predicted octanol–water partition coefficient (Wildman–Crippen LogP) is 5.15. The maximum atomic E-state index is 13.8. The molecule has 226 valence electrons. The zero-order chi connectivity index (χ0) is 30.3. The van der Waals surface area contributed by atoms with Gasteiger partial charge in [-0.2, -0.15) is 16.9 Å². The quantitative estimate of drug-likeness (QED) is 0.310.